The molecule has 0 aliphatic carbocycles. The van der Waals surface area contributed by atoms with Crippen molar-refractivity contribution >= 4 is 0 Å². The Kier molecular flexibility index (Phi) is 2.11. The van der Waals surface area contributed by atoms with Crippen LogP contribution < -0.4 is 15.2 Å². The number of hydrogen-bond donors (Lipinski definition) is 1. The van der Waals surface area contributed by atoms with Crippen molar-refractivity contribution in [1.82, 2.24) is 0 Å². The maximum Gasteiger partial charge on any atom is 0.165 e. The first kappa shape index (κ1) is 9.34. The number of hydrogen-bond acceptors (Lipinski definition) is 3. The normalized spacial score (nSPS) is 24.2. The van der Waals surface area contributed by atoms with Crippen LogP contribution in [0.25, 0.3) is 0 Å². The lowest BCUT2D eigenvalue weighted by atomic mass is 10.00. The van der Waals surface area contributed by atoms with Crippen LogP contribution in [0, 0.1) is 0 Å². The molecule has 0 saturated carbocycles. The van der Waals surface area contributed by atoms with Crippen molar-refractivity contribution in [2.24, 2.45) is 5.73 Å². The molecule has 1 heterocycles. The number of para-hydroxylation sites is 1. The summed E-state index contributed by atoms with van der Waals surface area (Å²) in [6.45, 7) is 2.54. The second-order valence-corrected chi connectivity index (χ2v) is 3.88. The summed E-state index contributed by atoms with van der Waals surface area (Å²) in [7, 11) is 1.65. The molecular formula is C11H15NO2. The SMILES string of the molecule is COc1cccc2c1OC(C)(CN)C2. The van der Waals surface area contributed by atoms with E-state index in [0.717, 1.165) is 17.9 Å². The molecule has 0 aromatic heterocycles. The van der Waals surface area contributed by atoms with Crippen LogP contribution >= 0.6 is 0 Å². The van der Waals surface area contributed by atoms with Crippen molar-refractivity contribution in [2.75, 3.05) is 13.7 Å². The Balaban J connectivity index is 2.39. The predicted octanol–water partition coefficient (Wildman–Crippen LogP) is 1.35. The van der Waals surface area contributed by atoms with Crippen LogP contribution in [0.1, 0.15) is 12.5 Å². The van der Waals surface area contributed by atoms with Gasteiger partial charge in [-0.15, -0.1) is 0 Å². The van der Waals surface area contributed by atoms with Gasteiger partial charge in [0.2, 0.25) is 0 Å². The lowest BCUT2D eigenvalue weighted by molar-refractivity contribution is 0.122. The zero-order valence-corrected chi connectivity index (χ0v) is 8.54. The summed E-state index contributed by atoms with van der Waals surface area (Å²) in [5, 5.41) is 0. The summed E-state index contributed by atoms with van der Waals surface area (Å²) in [4.78, 5) is 0. The van der Waals surface area contributed by atoms with Crippen molar-refractivity contribution in [2.45, 2.75) is 18.9 Å². The molecule has 14 heavy (non-hydrogen) atoms. The lowest BCUT2D eigenvalue weighted by Crippen LogP contribution is -2.38. The maximum absolute atomic E-state index is 5.82. The van der Waals surface area contributed by atoms with E-state index in [4.69, 9.17) is 15.2 Å². The first-order valence-corrected chi connectivity index (χ1v) is 4.73. The molecule has 0 fully saturated rings. The van der Waals surface area contributed by atoms with Crippen LogP contribution in [0.2, 0.25) is 0 Å². The van der Waals surface area contributed by atoms with Gasteiger partial charge >= 0.3 is 0 Å². The second kappa shape index (κ2) is 3.17. The summed E-state index contributed by atoms with van der Waals surface area (Å²) in [6.07, 6.45) is 0.857. The summed E-state index contributed by atoms with van der Waals surface area (Å²) in [5.41, 5.74) is 6.58. The molecule has 2 N–H and O–H groups in total. The molecule has 1 atom stereocenters. The number of nitrogens with two attached hydrogens (primary N) is 1. The predicted molar refractivity (Wildman–Crippen MR) is 54.8 cm³/mol. The monoisotopic (exact) mass is 193 g/mol. The molecule has 0 spiro atoms. The largest absolute Gasteiger partial charge is 0.493 e. The number of ether oxygens (including phenoxy) is 2. The van der Waals surface area contributed by atoms with E-state index in [-0.39, 0.29) is 5.60 Å². The highest BCUT2D eigenvalue weighted by Gasteiger charge is 2.35. The molecule has 3 heteroatoms. The van der Waals surface area contributed by atoms with Crippen molar-refractivity contribution in [1.29, 1.82) is 0 Å². The lowest BCUT2D eigenvalue weighted by Gasteiger charge is -2.21. The van der Waals surface area contributed by atoms with E-state index < -0.39 is 0 Å². The van der Waals surface area contributed by atoms with Gasteiger partial charge in [-0.1, -0.05) is 12.1 Å². The fourth-order valence-corrected chi connectivity index (χ4v) is 1.78. The molecule has 1 unspecified atom stereocenters. The number of benzene rings is 1. The molecular weight excluding hydrogens is 178 g/mol. The Morgan fingerprint density at radius 3 is 3.00 bits per heavy atom. The van der Waals surface area contributed by atoms with Gasteiger partial charge in [0.05, 0.1) is 7.11 Å². The summed E-state index contributed by atoms with van der Waals surface area (Å²) in [5.74, 6) is 1.64. The Morgan fingerprint density at radius 1 is 1.57 bits per heavy atom. The second-order valence-electron chi connectivity index (χ2n) is 3.88. The molecule has 0 amide bonds. The molecule has 2 rings (SSSR count). The number of fused-ring (bicyclic) bond motifs is 1. The van der Waals surface area contributed by atoms with E-state index in [2.05, 4.69) is 6.07 Å². The zero-order valence-electron chi connectivity index (χ0n) is 8.54. The number of methoxy groups -OCH3 is 1. The van der Waals surface area contributed by atoms with Crippen LogP contribution in [0.3, 0.4) is 0 Å². The van der Waals surface area contributed by atoms with Crippen molar-refractivity contribution in [3.63, 3.8) is 0 Å². The van der Waals surface area contributed by atoms with Crippen LogP contribution in [0.5, 0.6) is 11.5 Å². The van der Waals surface area contributed by atoms with Crippen LogP contribution in [-0.4, -0.2) is 19.3 Å². The third-order valence-corrected chi connectivity index (χ3v) is 2.63. The fraction of sp³-hybridized carbons (Fsp3) is 0.455. The highest BCUT2D eigenvalue weighted by Crippen LogP contribution is 2.41. The van der Waals surface area contributed by atoms with E-state index in [0.29, 0.717) is 6.54 Å². The van der Waals surface area contributed by atoms with E-state index >= 15 is 0 Å². The molecule has 1 aromatic carbocycles. The van der Waals surface area contributed by atoms with Gasteiger partial charge in [0.1, 0.15) is 5.60 Å². The van der Waals surface area contributed by atoms with Gasteiger partial charge in [-0.25, -0.2) is 0 Å². The van der Waals surface area contributed by atoms with Gasteiger partial charge in [-0.2, -0.15) is 0 Å². The maximum atomic E-state index is 5.82. The van der Waals surface area contributed by atoms with E-state index in [1.165, 1.54) is 5.56 Å². The standard InChI is InChI=1S/C11H15NO2/c1-11(7-12)6-8-4-3-5-9(13-2)10(8)14-11/h3-5H,6-7,12H2,1-2H3. The molecule has 76 valence electrons. The Hall–Kier alpha value is -1.22. The molecule has 0 radical (unpaired) electrons. The Labute approximate surface area is 83.8 Å². The van der Waals surface area contributed by atoms with Gasteiger partial charge in [-0.05, 0) is 13.0 Å². The molecule has 1 aliphatic heterocycles. The Morgan fingerprint density at radius 2 is 2.36 bits per heavy atom. The van der Waals surface area contributed by atoms with Crippen LogP contribution in [0.4, 0.5) is 0 Å². The number of rotatable bonds is 2. The van der Waals surface area contributed by atoms with Crippen LogP contribution in [0.15, 0.2) is 18.2 Å². The van der Waals surface area contributed by atoms with Gasteiger partial charge in [-0.3, -0.25) is 0 Å². The molecule has 3 nitrogen and oxygen atoms in total. The Bertz CT molecular complexity index is 351. The van der Waals surface area contributed by atoms with Crippen molar-refractivity contribution in [3.8, 4) is 11.5 Å². The highest BCUT2D eigenvalue weighted by molar-refractivity contribution is 5.50. The first-order chi connectivity index (χ1) is 6.68. The van der Waals surface area contributed by atoms with E-state index in [1.807, 2.05) is 19.1 Å². The van der Waals surface area contributed by atoms with E-state index in [9.17, 15) is 0 Å². The topological polar surface area (TPSA) is 44.5 Å². The minimum absolute atomic E-state index is 0.267. The molecule has 0 saturated heterocycles. The van der Waals surface area contributed by atoms with E-state index in [1.54, 1.807) is 7.11 Å². The highest BCUT2D eigenvalue weighted by atomic mass is 16.5. The third-order valence-electron chi connectivity index (χ3n) is 2.63. The first-order valence-electron chi connectivity index (χ1n) is 4.73. The minimum atomic E-state index is -0.267. The van der Waals surface area contributed by atoms with Crippen LogP contribution in [-0.2, 0) is 6.42 Å². The fourth-order valence-electron chi connectivity index (χ4n) is 1.78. The van der Waals surface area contributed by atoms with Gasteiger partial charge in [0.15, 0.2) is 11.5 Å². The van der Waals surface area contributed by atoms with Gasteiger partial charge < -0.3 is 15.2 Å². The average Bonchev–Trinajstić information content (AvgIpc) is 2.54. The molecule has 1 aliphatic rings. The minimum Gasteiger partial charge on any atom is -0.493 e. The summed E-state index contributed by atoms with van der Waals surface area (Å²) < 4.78 is 11.0. The average molecular weight is 193 g/mol. The third kappa shape index (κ3) is 1.34. The molecule has 0 bridgehead atoms. The van der Waals surface area contributed by atoms with Gasteiger partial charge in [0.25, 0.3) is 0 Å². The molecule has 1 aromatic rings. The van der Waals surface area contributed by atoms with Crippen molar-refractivity contribution < 1.29 is 9.47 Å². The van der Waals surface area contributed by atoms with Gasteiger partial charge in [0, 0.05) is 18.5 Å². The smallest absolute Gasteiger partial charge is 0.165 e. The van der Waals surface area contributed by atoms with Crippen molar-refractivity contribution in [3.05, 3.63) is 23.8 Å². The quantitative estimate of drug-likeness (QED) is 0.771. The summed E-state index contributed by atoms with van der Waals surface area (Å²) >= 11 is 0. The zero-order chi connectivity index (χ0) is 10.2. The summed E-state index contributed by atoms with van der Waals surface area (Å²) in [6, 6.07) is 5.93.